The molecule has 2 aromatic heterocycles. The summed E-state index contributed by atoms with van der Waals surface area (Å²) in [6.45, 7) is 4.66. The SMILES string of the molecule is C=CCN(Cc1ccc(Cl)s1)C(=O)/C=C/c1cnn(-c2ccccc2)n1. The number of nitrogens with zero attached hydrogens (tertiary/aromatic N) is 4. The zero-order valence-electron chi connectivity index (χ0n) is 14.0. The second-order valence-corrected chi connectivity index (χ2v) is 7.24. The van der Waals surface area contributed by atoms with Crippen molar-refractivity contribution in [3.05, 3.63) is 82.3 Å². The van der Waals surface area contributed by atoms with Crippen LogP contribution in [0.15, 0.2) is 67.4 Å². The summed E-state index contributed by atoms with van der Waals surface area (Å²) in [7, 11) is 0. The van der Waals surface area contributed by atoms with Crippen LogP contribution in [0.3, 0.4) is 0 Å². The lowest BCUT2D eigenvalue weighted by atomic mass is 10.3. The maximum Gasteiger partial charge on any atom is 0.247 e. The maximum absolute atomic E-state index is 12.5. The minimum Gasteiger partial charge on any atom is -0.330 e. The average molecular weight is 385 g/mol. The first kappa shape index (κ1) is 18.1. The topological polar surface area (TPSA) is 51.0 Å². The number of carbonyl (C=O) groups excluding carboxylic acids is 1. The number of amides is 1. The molecule has 0 saturated heterocycles. The van der Waals surface area contributed by atoms with E-state index >= 15 is 0 Å². The van der Waals surface area contributed by atoms with Crippen LogP contribution in [0.25, 0.3) is 11.8 Å². The van der Waals surface area contributed by atoms with Crippen molar-refractivity contribution in [2.24, 2.45) is 0 Å². The summed E-state index contributed by atoms with van der Waals surface area (Å²) in [6.07, 6.45) is 6.48. The fraction of sp³-hybridized carbons (Fsp3) is 0.105. The Morgan fingerprint density at radius 2 is 2.08 bits per heavy atom. The van der Waals surface area contributed by atoms with Crippen LogP contribution >= 0.6 is 22.9 Å². The molecule has 2 heterocycles. The van der Waals surface area contributed by atoms with Gasteiger partial charge in [0.05, 0.1) is 22.8 Å². The Balaban J connectivity index is 1.68. The summed E-state index contributed by atoms with van der Waals surface area (Å²) in [5, 5.41) is 8.57. The average Bonchev–Trinajstić information content (AvgIpc) is 3.29. The Hall–Kier alpha value is -2.70. The van der Waals surface area contributed by atoms with E-state index in [1.165, 1.54) is 22.2 Å². The van der Waals surface area contributed by atoms with Gasteiger partial charge in [-0.2, -0.15) is 9.90 Å². The summed E-state index contributed by atoms with van der Waals surface area (Å²) < 4.78 is 0.707. The molecule has 0 atom stereocenters. The zero-order chi connectivity index (χ0) is 18.4. The molecule has 1 amide bonds. The molecule has 0 spiro atoms. The first-order chi connectivity index (χ1) is 12.7. The molecule has 3 aromatic rings. The lowest BCUT2D eigenvalue weighted by molar-refractivity contribution is -0.126. The first-order valence-electron chi connectivity index (χ1n) is 7.95. The minimum absolute atomic E-state index is 0.122. The molecule has 0 fully saturated rings. The van der Waals surface area contributed by atoms with E-state index in [9.17, 15) is 4.79 Å². The Morgan fingerprint density at radius 3 is 2.77 bits per heavy atom. The predicted octanol–water partition coefficient (Wildman–Crippen LogP) is 4.21. The highest BCUT2D eigenvalue weighted by Crippen LogP contribution is 2.22. The minimum atomic E-state index is -0.122. The smallest absolute Gasteiger partial charge is 0.247 e. The summed E-state index contributed by atoms with van der Waals surface area (Å²) in [4.78, 5) is 16.7. The number of thiophene rings is 1. The second kappa shape index (κ2) is 8.60. The van der Waals surface area contributed by atoms with E-state index in [2.05, 4.69) is 16.8 Å². The molecule has 0 N–H and O–H groups in total. The number of hydrogen-bond acceptors (Lipinski definition) is 4. The van der Waals surface area contributed by atoms with Crippen LogP contribution in [0.4, 0.5) is 0 Å². The van der Waals surface area contributed by atoms with Crippen molar-refractivity contribution in [1.29, 1.82) is 0 Å². The normalized spacial score (nSPS) is 11.0. The highest BCUT2D eigenvalue weighted by Gasteiger charge is 2.11. The second-order valence-electron chi connectivity index (χ2n) is 5.44. The summed E-state index contributed by atoms with van der Waals surface area (Å²) in [5.74, 6) is -0.122. The third kappa shape index (κ3) is 4.68. The van der Waals surface area contributed by atoms with Crippen LogP contribution in [-0.2, 0) is 11.3 Å². The van der Waals surface area contributed by atoms with Gasteiger partial charge in [0.25, 0.3) is 0 Å². The molecule has 0 radical (unpaired) electrons. The Kier molecular flexibility index (Phi) is 5.99. The van der Waals surface area contributed by atoms with Gasteiger partial charge in [-0.1, -0.05) is 35.9 Å². The predicted molar refractivity (Wildman–Crippen MR) is 105 cm³/mol. The van der Waals surface area contributed by atoms with Crippen LogP contribution in [0.1, 0.15) is 10.6 Å². The fourth-order valence-electron chi connectivity index (χ4n) is 2.31. The van der Waals surface area contributed by atoms with Crippen molar-refractivity contribution in [2.75, 3.05) is 6.54 Å². The van der Waals surface area contributed by atoms with Crippen molar-refractivity contribution in [3.63, 3.8) is 0 Å². The molecule has 0 unspecified atom stereocenters. The van der Waals surface area contributed by atoms with Gasteiger partial charge < -0.3 is 4.90 Å². The maximum atomic E-state index is 12.5. The van der Waals surface area contributed by atoms with Crippen molar-refractivity contribution in [3.8, 4) is 5.69 Å². The van der Waals surface area contributed by atoms with Gasteiger partial charge in [-0.15, -0.1) is 23.0 Å². The lowest BCUT2D eigenvalue weighted by Crippen LogP contribution is -2.28. The van der Waals surface area contributed by atoms with Crippen molar-refractivity contribution < 1.29 is 4.79 Å². The number of para-hydroxylation sites is 1. The van der Waals surface area contributed by atoms with E-state index in [1.54, 1.807) is 23.2 Å². The van der Waals surface area contributed by atoms with Gasteiger partial charge in [-0.05, 0) is 30.3 Å². The van der Waals surface area contributed by atoms with Crippen LogP contribution in [0, 0.1) is 0 Å². The number of benzene rings is 1. The quantitative estimate of drug-likeness (QED) is 0.453. The van der Waals surface area contributed by atoms with Crippen LogP contribution in [0.2, 0.25) is 4.34 Å². The monoisotopic (exact) mass is 384 g/mol. The standard InChI is InChI=1S/C19H17ClN4OS/c1-2-12-23(14-17-9-10-18(20)26-17)19(25)11-8-15-13-21-24(22-15)16-6-4-3-5-7-16/h2-11,13H,1,12,14H2/b11-8+. The van der Waals surface area contributed by atoms with Gasteiger partial charge in [-0.25, -0.2) is 0 Å². The molecular formula is C19H17ClN4OS. The summed E-state index contributed by atoms with van der Waals surface area (Å²) in [6, 6.07) is 13.3. The van der Waals surface area contributed by atoms with Gasteiger partial charge in [0.2, 0.25) is 5.91 Å². The first-order valence-corrected chi connectivity index (χ1v) is 9.15. The van der Waals surface area contributed by atoms with Gasteiger partial charge in [-0.3, -0.25) is 4.79 Å². The number of carbonyl (C=O) groups is 1. The zero-order valence-corrected chi connectivity index (χ0v) is 15.5. The molecule has 0 aliphatic rings. The molecule has 0 bridgehead atoms. The highest BCUT2D eigenvalue weighted by atomic mass is 35.5. The number of aromatic nitrogens is 3. The Morgan fingerprint density at radius 1 is 1.27 bits per heavy atom. The molecule has 7 heteroatoms. The lowest BCUT2D eigenvalue weighted by Gasteiger charge is -2.18. The van der Waals surface area contributed by atoms with E-state index in [1.807, 2.05) is 42.5 Å². The van der Waals surface area contributed by atoms with Gasteiger partial charge in [0.1, 0.15) is 5.69 Å². The van der Waals surface area contributed by atoms with Crippen molar-refractivity contribution in [2.45, 2.75) is 6.54 Å². The molecule has 26 heavy (non-hydrogen) atoms. The molecule has 0 saturated carbocycles. The van der Waals surface area contributed by atoms with Crippen molar-refractivity contribution in [1.82, 2.24) is 19.9 Å². The fourth-order valence-corrected chi connectivity index (χ4v) is 3.42. The van der Waals surface area contributed by atoms with E-state index in [-0.39, 0.29) is 5.91 Å². The van der Waals surface area contributed by atoms with Crippen molar-refractivity contribution >= 4 is 34.9 Å². The molecule has 3 rings (SSSR count). The number of rotatable bonds is 7. The number of hydrogen-bond donors (Lipinski definition) is 0. The van der Waals surface area contributed by atoms with Crippen LogP contribution < -0.4 is 0 Å². The third-order valence-corrected chi connectivity index (χ3v) is 4.75. The molecule has 5 nitrogen and oxygen atoms in total. The third-order valence-electron chi connectivity index (χ3n) is 3.53. The highest BCUT2D eigenvalue weighted by molar-refractivity contribution is 7.16. The van der Waals surface area contributed by atoms with Gasteiger partial charge >= 0.3 is 0 Å². The Bertz CT molecular complexity index is 917. The molecule has 1 aromatic carbocycles. The molecular weight excluding hydrogens is 368 g/mol. The van der Waals surface area contributed by atoms with E-state index in [4.69, 9.17) is 11.6 Å². The van der Waals surface area contributed by atoms with E-state index in [0.717, 1.165) is 10.6 Å². The summed E-state index contributed by atoms with van der Waals surface area (Å²) >= 11 is 7.42. The van der Waals surface area contributed by atoms with Crippen LogP contribution in [-0.4, -0.2) is 32.3 Å². The van der Waals surface area contributed by atoms with Crippen LogP contribution in [0.5, 0.6) is 0 Å². The molecule has 0 aliphatic carbocycles. The van der Waals surface area contributed by atoms with E-state index in [0.29, 0.717) is 23.1 Å². The Labute approximate surface area is 160 Å². The van der Waals surface area contributed by atoms with Gasteiger partial charge in [0, 0.05) is 17.5 Å². The van der Waals surface area contributed by atoms with Gasteiger partial charge in [0.15, 0.2) is 0 Å². The van der Waals surface area contributed by atoms with E-state index < -0.39 is 0 Å². The molecule has 0 aliphatic heterocycles. The largest absolute Gasteiger partial charge is 0.330 e. The number of halogens is 1. The molecule has 132 valence electrons. The summed E-state index contributed by atoms with van der Waals surface area (Å²) in [5.41, 5.74) is 1.47.